The van der Waals surface area contributed by atoms with E-state index in [1.54, 1.807) is 0 Å². The van der Waals surface area contributed by atoms with E-state index in [2.05, 4.69) is 10.1 Å². The number of hydrogen-bond donors (Lipinski definition) is 0. The van der Waals surface area contributed by atoms with Gasteiger partial charge in [0.2, 0.25) is 6.08 Å². The van der Waals surface area contributed by atoms with Crippen LogP contribution < -0.4 is 0 Å². The molecule has 1 aromatic heterocycles. The minimum Gasteiger partial charge on any atom is -0.354 e. The summed E-state index contributed by atoms with van der Waals surface area (Å²) < 4.78 is 30.8. The van der Waals surface area contributed by atoms with Crippen molar-refractivity contribution in [2.75, 3.05) is 0 Å². The van der Waals surface area contributed by atoms with Crippen LogP contribution in [-0.4, -0.2) is 11.2 Å². The van der Waals surface area contributed by atoms with Crippen LogP contribution in [0.2, 0.25) is 0 Å². The van der Waals surface area contributed by atoms with Crippen LogP contribution in [0.25, 0.3) is 11.3 Å². The standard InChI is InChI=1S/C10H4F2N2O2/c11-6-1-2-7(8(12)3-6)10-9(13-5-15)4-14-16-10/h1-4H. The molecule has 0 bridgehead atoms. The molecule has 0 unspecified atom stereocenters. The van der Waals surface area contributed by atoms with Crippen LogP contribution in [0.4, 0.5) is 14.5 Å². The number of nitrogens with zero attached hydrogens (tertiary/aromatic N) is 2. The van der Waals surface area contributed by atoms with Gasteiger partial charge in [0.25, 0.3) is 0 Å². The number of rotatable bonds is 2. The highest BCUT2D eigenvalue weighted by atomic mass is 19.1. The highest BCUT2D eigenvalue weighted by Crippen LogP contribution is 2.31. The van der Waals surface area contributed by atoms with Crippen molar-refractivity contribution < 1.29 is 18.1 Å². The second-order valence-electron chi connectivity index (χ2n) is 2.87. The number of aromatic nitrogens is 1. The van der Waals surface area contributed by atoms with Gasteiger partial charge in [-0.25, -0.2) is 13.6 Å². The molecule has 0 N–H and O–H groups in total. The molecule has 80 valence electrons. The maximum Gasteiger partial charge on any atom is 0.240 e. The topological polar surface area (TPSA) is 55.5 Å². The first-order valence-electron chi connectivity index (χ1n) is 4.20. The summed E-state index contributed by atoms with van der Waals surface area (Å²) in [6.07, 6.45) is 2.43. The largest absolute Gasteiger partial charge is 0.354 e. The Morgan fingerprint density at radius 3 is 2.88 bits per heavy atom. The molecule has 1 aromatic carbocycles. The van der Waals surface area contributed by atoms with Crippen LogP contribution in [-0.2, 0) is 4.79 Å². The third-order valence-corrected chi connectivity index (χ3v) is 1.89. The summed E-state index contributed by atoms with van der Waals surface area (Å²) in [6, 6.07) is 2.94. The van der Waals surface area contributed by atoms with E-state index in [1.165, 1.54) is 12.1 Å². The van der Waals surface area contributed by atoms with Crippen LogP contribution in [0.3, 0.4) is 0 Å². The number of halogens is 2. The summed E-state index contributed by atoms with van der Waals surface area (Å²) in [5, 5.41) is 3.37. The van der Waals surface area contributed by atoms with Crippen molar-refractivity contribution in [3.05, 3.63) is 36.0 Å². The quantitative estimate of drug-likeness (QED) is 0.579. The lowest BCUT2D eigenvalue weighted by Gasteiger charge is -1.98. The molecule has 0 radical (unpaired) electrons. The van der Waals surface area contributed by atoms with Gasteiger partial charge in [-0.05, 0) is 12.1 Å². The summed E-state index contributed by atoms with van der Waals surface area (Å²) in [6.45, 7) is 0. The van der Waals surface area contributed by atoms with Crippen molar-refractivity contribution in [2.45, 2.75) is 0 Å². The first-order valence-corrected chi connectivity index (χ1v) is 4.20. The smallest absolute Gasteiger partial charge is 0.240 e. The van der Waals surface area contributed by atoms with Crippen molar-refractivity contribution in [3.63, 3.8) is 0 Å². The minimum absolute atomic E-state index is 0.0205. The molecule has 0 aliphatic carbocycles. The Morgan fingerprint density at radius 2 is 2.19 bits per heavy atom. The lowest BCUT2D eigenvalue weighted by atomic mass is 10.1. The third kappa shape index (κ3) is 1.74. The minimum atomic E-state index is -0.820. The van der Waals surface area contributed by atoms with E-state index in [-0.39, 0.29) is 17.0 Å². The van der Waals surface area contributed by atoms with E-state index in [4.69, 9.17) is 4.52 Å². The zero-order valence-electron chi connectivity index (χ0n) is 7.78. The molecule has 0 saturated carbocycles. The van der Waals surface area contributed by atoms with Crippen LogP contribution in [0.1, 0.15) is 0 Å². The summed E-state index contributed by atoms with van der Waals surface area (Å²) in [7, 11) is 0. The zero-order valence-corrected chi connectivity index (χ0v) is 7.78. The predicted molar refractivity (Wildman–Crippen MR) is 49.6 cm³/mol. The predicted octanol–water partition coefficient (Wildman–Crippen LogP) is 2.59. The number of benzene rings is 1. The Hall–Kier alpha value is -2.33. The summed E-state index contributed by atoms with van der Waals surface area (Å²) in [5.74, 6) is -1.57. The molecule has 0 spiro atoms. The Kier molecular flexibility index (Phi) is 2.57. The highest BCUT2D eigenvalue weighted by Gasteiger charge is 2.15. The summed E-state index contributed by atoms with van der Waals surface area (Å²) in [4.78, 5) is 13.4. The van der Waals surface area contributed by atoms with Crippen LogP contribution in [0.5, 0.6) is 0 Å². The van der Waals surface area contributed by atoms with E-state index in [9.17, 15) is 13.6 Å². The monoisotopic (exact) mass is 222 g/mol. The van der Waals surface area contributed by atoms with Gasteiger partial charge in [0.1, 0.15) is 17.3 Å². The maximum absolute atomic E-state index is 13.4. The van der Waals surface area contributed by atoms with Crippen molar-refractivity contribution in [2.24, 2.45) is 4.99 Å². The van der Waals surface area contributed by atoms with Gasteiger partial charge in [-0.3, -0.25) is 0 Å². The zero-order chi connectivity index (χ0) is 11.5. The van der Waals surface area contributed by atoms with Crippen molar-refractivity contribution in [1.29, 1.82) is 0 Å². The Labute approximate surface area is 88.2 Å². The average Bonchev–Trinajstić information content (AvgIpc) is 2.67. The van der Waals surface area contributed by atoms with Crippen molar-refractivity contribution in [3.8, 4) is 11.3 Å². The Bertz CT molecular complexity index is 574. The van der Waals surface area contributed by atoms with Gasteiger partial charge in [0.15, 0.2) is 5.76 Å². The highest BCUT2D eigenvalue weighted by molar-refractivity contribution is 5.71. The van der Waals surface area contributed by atoms with E-state index in [0.29, 0.717) is 6.07 Å². The van der Waals surface area contributed by atoms with E-state index in [0.717, 1.165) is 12.3 Å². The molecule has 4 nitrogen and oxygen atoms in total. The summed E-state index contributed by atoms with van der Waals surface area (Å²) >= 11 is 0. The van der Waals surface area contributed by atoms with E-state index < -0.39 is 11.6 Å². The maximum atomic E-state index is 13.4. The molecule has 6 heteroatoms. The molecule has 0 saturated heterocycles. The molecule has 0 amide bonds. The third-order valence-electron chi connectivity index (χ3n) is 1.89. The number of carbonyl (C=O) groups excluding carboxylic acids is 1. The fourth-order valence-electron chi connectivity index (χ4n) is 1.22. The van der Waals surface area contributed by atoms with Gasteiger partial charge < -0.3 is 4.52 Å². The van der Waals surface area contributed by atoms with Gasteiger partial charge in [-0.1, -0.05) is 5.16 Å². The Morgan fingerprint density at radius 1 is 1.38 bits per heavy atom. The van der Waals surface area contributed by atoms with Gasteiger partial charge >= 0.3 is 0 Å². The van der Waals surface area contributed by atoms with Gasteiger partial charge in [0, 0.05) is 6.07 Å². The van der Waals surface area contributed by atoms with Gasteiger partial charge in [-0.2, -0.15) is 4.99 Å². The molecule has 2 aromatic rings. The number of hydrogen-bond acceptors (Lipinski definition) is 4. The van der Waals surface area contributed by atoms with Crippen LogP contribution in [0, 0.1) is 11.6 Å². The van der Waals surface area contributed by atoms with E-state index >= 15 is 0 Å². The average molecular weight is 222 g/mol. The molecule has 16 heavy (non-hydrogen) atoms. The van der Waals surface area contributed by atoms with E-state index in [1.807, 2.05) is 0 Å². The Balaban J connectivity index is 2.58. The van der Waals surface area contributed by atoms with Crippen molar-refractivity contribution >= 4 is 11.8 Å². The lowest BCUT2D eigenvalue weighted by molar-refractivity contribution is 0.429. The first-order chi connectivity index (χ1) is 7.72. The SMILES string of the molecule is O=C=Nc1cnoc1-c1ccc(F)cc1F. The van der Waals surface area contributed by atoms with Crippen LogP contribution >= 0.6 is 0 Å². The number of isocyanates is 1. The molecule has 0 atom stereocenters. The fourth-order valence-corrected chi connectivity index (χ4v) is 1.22. The van der Waals surface area contributed by atoms with Gasteiger partial charge in [0.05, 0.1) is 11.8 Å². The van der Waals surface area contributed by atoms with Gasteiger partial charge in [-0.15, -0.1) is 0 Å². The van der Waals surface area contributed by atoms with Crippen LogP contribution in [0.15, 0.2) is 33.9 Å². The molecule has 0 aliphatic heterocycles. The molecule has 0 aliphatic rings. The first kappa shape index (κ1) is 10.2. The number of aliphatic imine (C=N–C) groups is 1. The molecular formula is C10H4F2N2O2. The molecule has 1 heterocycles. The van der Waals surface area contributed by atoms with Crippen molar-refractivity contribution in [1.82, 2.24) is 5.16 Å². The molecular weight excluding hydrogens is 218 g/mol. The second-order valence-corrected chi connectivity index (χ2v) is 2.87. The fraction of sp³-hybridized carbons (Fsp3) is 0. The second kappa shape index (κ2) is 4.04. The molecule has 2 rings (SSSR count). The normalized spacial score (nSPS) is 9.88. The lowest BCUT2D eigenvalue weighted by Crippen LogP contribution is -1.84. The summed E-state index contributed by atoms with van der Waals surface area (Å²) in [5.41, 5.74) is 0.0217. The molecule has 0 fully saturated rings.